The molecule has 0 bridgehead atoms. The first-order chi connectivity index (χ1) is 15.0. The van der Waals surface area contributed by atoms with E-state index in [1.165, 1.54) is 6.07 Å². The molecular weight excluding hydrogens is 394 g/mol. The average Bonchev–Trinajstić information content (AvgIpc) is 2.98. The molecule has 1 spiro atoms. The van der Waals surface area contributed by atoms with Gasteiger partial charge in [0.15, 0.2) is 5.41 Å². The van der Waals surface area contributed by atoms with Gasteiger partial charge in [0, 0.05) is 17.3 Å². The van der Waals surface area contributed by atoms with E-state index in [2.05, 4.69) is 0 Å². The largest absolute Gasteiger partial charge is 0.440 e. The number of carbonyl (C=O) groups excluding carboxylic acids is 1. The quantitative estimate of drug-likeness (QED) is 0.694. The Morgan fingerprint density at radius 2 is 1.81 bits per heavy atom. The molecule has 2 aliphatic heterocycles. The standard InChI is InChI=1S/C24H17N3O4/c1-14-11-19-20(22(28)30-14)24(17(12-25)21(26)31-19)16-9-5-6-10-18(16)27(23(24)29)13-15-7-3-2-4-8-15/h2-11H,13,26H2,1H3/t24-/m0/s1. The number of para-hydroxylation sites is 1. The van der Waals surface area contributed by atoms with E-state index in [0.717, 1.165) is 5.56 Å². The molecule has 1 aromatic heterocycles. The molecule has 0 fully saturated rings. The predicted molar refractivity (Wildman–Crippen MR) is 112 cm³/mol. The lowest BCUT2D eigenvalue weighted by atomic mass is 9.69. The number of amides is 1. The van der Waals surface area contributed by atoms with Gasteiger partial charge in [0.05, 0.1) is 6.54 Å². The Hall–Kier alpha value is -4.31. The SMILES string of the molecule is Cc1cc2c(c(=O)o1)[C@@]1(C(=O)N(Cc3ccccc3)c3ccccc31)C(C#N)=C(N)O2. The molecule has 2 aromatic carbocycles. The third kappa shape index (κ3) is 2.45. The molecule has 2 aliphatic rings. The van der Waals surface area contributed by atoms with Crippen LogP contribution in [0.15, 0.2) is 81.3 Å². The Morgan fingerprint density at radius 1 is 1.10 bits per heavy atom. The van der Waals surface area contributed by atoms with Crippen LogP contribution < -0.4 is 21.0 Å². The van der Waals surface area contributed by atoms with Crippen LogP contribution in [0.5, 0.6) is 5.75 Å². The number of anilines is 1. The van der Waals surface area contributed by atoms with E-state index in [-0.39, 0.29) is 29.3 Å². The summed E-state index contributed by atoms with van der Waals surface area (Å²) in [5.74, 6) is -0.218. The van der Waals surface area contributed by atoms with E-state index in [4.69, 9.17) is 14.9 Å². The third-order valence-corrected chi connectivity index (χ3v) is 5.71. The maximum atomic E-state index is 14.1. The van der Waals surface area contributed by atoms with Crippen LogP contribution in [0.4, 0.5) is 5.69 Å². The highest BCUT2D eigenvalue weighted by molar-refractivity contribution is 6.14. The fraction of sp³-hybridized carbons (Fsp3) is 0.125. The van der Waals surface area contributed by atoms with Gasteiger partial charge in [-0.25, -0.2) is 4.79 Å². The molecule has 0 aliphatic carbocycles. The fourth-order valence-electron chi connectivity index (χ4n) is 4.48. The van der Waals surface area contributed by atoms with Crippen molar-refractivity contribution in [3.63, 3.8) is 0 Å². The highest BCUT2D eigenvalue weighted by Crippen LogP contribution is 2.54. The average molecular weight is 411 g/mol. The minimum atomic E-state index is -1.73. The Labute approximate surface area is 177 Å². The van der Waals surface area contributed by atoms with E-state index in [1.54, 1.807) is 36.1 Å². The fourth-order valence-corrected chi connectivity index (χ4v) is 4.48. The molecule has 2 N–H and O–H groups in total. The number of ether oxygens (including phenoxy) is 1. The lowest BCUT2D eigenvalue weighted by molar-refractivity contribution is -0.121. The molecule has 3 aromatic rings. The predicted octanol–water partition coefficient (Wildman–Crippen LogP) is 2.87. The van der Waals surface area contributed by atoms with Gasteiger partial charge in [-0.15, -0.1) is 0 Å². The summed E-state index contributed by atoms with van der Waals surface area (Å²) in [6.45, 7) is 1.87. The van der Waals surface area contributed by atoms with E-state index in [9.17, 15) is 14.9 Å². The number of rotatable bonds is 2. The summed E-state index contributed by atoms with van der Waals surface area (Å²) < 4.78 is 10.9. The summed E-state index contributed by atoms with van der Waals surface area (Å²) in [5, 5.41) is 10.0. The van der Waals surface area contributed by atoms with Crippen molar-refractivity contribution < 1.29 is 13.9 Å². The lowest BCUT2D eigenvalue weighted by Crippen LogP contribution is -2.48. The summed E-state index contributed by atoms with van der Waals surface area (Å²) in [6.07, 6.45) is 0. The summed E-state index contributed by atoms with van der Waals surface area (Å²) in [6, 6.07) is 20.1. The molecule has 31 heavy (non-hydrogen) atoms. The maximum absolute atomic E-state index is 14.1. The Morgan fingerprint density at radius 3 is 2.55 bits per heavy atom. The molecule has 0 saturated carbocycles. The summed E-state index contributed by atoms with van der Waals surface area (Å²) in [4.78, 5) is 28.7. The van der Waals surface area contributed by atoms with Gasteiger partial charge in [-0.1, -0.05) is 48.5 Å². The van der Waals surface area contributed by atoms with Gasteiger partial charge in [0.1, 0.15) is 28.7 Å². The van der Waals surface area contributed by atoms with Crippen LogP contribution in [0.1, 0.15) is 22.5 Å². The van der Waals surface area contributed by atoms with Gasteiger partial charge in [0.25, 0.3) is 0 Å². The zero-order valence-corrected chi connectivity index (χ0v) is 16.6. The van der Waals surface area contributed by atoms with Crippen molar-refractivity contribution in [2.24, 2.45) is 5.73 Å². The second kappa shape index (κ2) is 6.61. The highest BCUT2D eigenvalue weighted by Gasteiger charge is 2.60. The molecule has 0 radical (unpaired) electrons. The molecule has 0 saturated heterocycles. The van der Waals surface area contributed by atoms with Crippen molar-refractivity contribution in [1.29, 1.82) is 5.26 Å². The van der Waals surface area contributed by atoms with Crippen molar-refractivity contribution in [2.75, 3.05) is 4.90 Å². The Bertz CT molecular complexity index is 1370. The van der Waals surface area contributed by atoms with Crippen LogP contribution in [0.25, 0.3) is 0 Å². The van der Waals surface area contributed by atoms with Crippen molar-refractivity contribution in [2.45, 2.75) is 18.9 Å². The van der Waals surface area contributed by atoms with Gasteiger partial charge in [-0.3, -0.25) is 4.79 Å². The molecule has 3 heterocycles. The van der Waals surface area contributed by atoms with E-state index in [1.807, 2.05) is 36.4 Å². The molecule has 0 unspecified atom stereocenters. The first-order valence-electron chi connectivity index (χ1n) is 9.67. The Balaban J connectivity index is 1.84. The summed E-state index contributed by atoms with van der Waals surface area (Å²) >= 11 is 0. The normalized spacial score (nSPS) is 19.1. The third-order valence-electron chi connectivity index (χ3n) is 5.71. The number of hydrogen-bond donors (Lipinski definition) is 1. The molecule has 7 heteroatoms. The van der Waals surface area contributed by atoms with Gasteiger partial charge in [-0.05, 0) is 18.6 Å². The molecule has 1 amide bonds. The van der Waals surface area contributed by atoms with Gasteiger partial charge >= 0.3 is 5.63 Å². The van der Waals surface area contributed by atoms with Gasteiger partial charge in [0.2, 0.25) is 11.8 Å². The van der Waals surface area contributed by atoms with Crippen LogP contribution in [-0.4, -0.2) is 5.91 Å². The highest BCUT2D eigenvalue weighted by atomic mass is 16.5. The second-order valence-corrected chi connectivity index (χ2v) is 7.48. The first-order valence-corrected chi connectivity index (χ1v) is 9.67. The zero-order chi connectivity index (χ0) is 21.8. The van der Waals surface area contributed by atoms with Crippen molar-refractivity contribution >= 4 is 11.6 Å². The van der Waals surface area contributed by atoms with Crippen molar-refractivity contribution in [1.82, 2.24) is 0 Å². The molecular formula is C24H17N3O4. The monoisotopic (exact) mass is 411 g/mol. The maximum Gasteiger partial charge on any atom is 0.344 e. The summed E-state index contributed by atoms with van der Waals surface area (Å²) in [7, 11) is 0. The first kappa shape index (κ1) is 18.7. The lowest BCUT2D eigenvalue weighted by Gasteiger charge is -2.33. The minimum absolute atomic E-state index is 0.0307. The molecule has 5 rings (SSSR count). The number of aryl methyl sites for hydroxylation is 1. The van der Waals surface area contributed by atoms with Crippen molar-refractivity contribution in [3.05, 3.63) is 105 Å². The molecule has 7 nitrogen and oxygen atoms in total. The van der Waals surface area contributed by atoms with E-state index < -0.39 is 16.9 Å². The summed E-state index contributed by atoms with van der Waals surface area (Å²) in [5.41, 5.74) is 5.49. The van der Waals surface area contributed by atoms with Crippen LogP contribution >= 0.6 is 0 Å². The number of carbonyl (C=O) groups is 1. The van der Waals surface area contributed by atoms with Crippen LogP contribution in [0, 0.1) is 18.3 Å². The van der Waals surface area contributed by atoms with E-state index in [0.29, 0.717) is 17.0 Å². The number of hydrogen-bond acceptors (Lipinski definition) is 6. The molecule has 1 atom stereocenters. The smallest absolute Gasteiger partial charge is 0.344 e. The van der Waals surface area contributed by atoms with Crippen LogP contribution in [0.2, 0.25) is 0 Å². The molecule has 152 valence electrons. The topological polar surface area (TPSA) is 110 Å². The number of benzene rings is 2. The zero-order valence-electron chi connectivity index (χ0n) is 16.6. The van der Waals surface area contributed by atoms with Crippen molar-refractivity contribution in [3.8, 4) is 11.8 Å². The minimum Gasteiger partial charge on any atom is -0.440 e. The van der Waals surface area contributed by atoms with Gasteiger partial charge < -0.3 is 19.8 Å². The van der Waals surface area contributed by atoms with E-state index >= 15 is 0 Å². The van der Waals surface area contributed by atoms with Crippen LogP contribution in [0.3, 0.4) is 0 Å². The Kier molecular flexibility index (Phi) is 3.99. The number of nitrogens with zero attached hydrogens (tertiary/aromatic N) is 2. The number of fused-ring (bicyclic) bond motifs is 4. The second-order valence-electron chi connectivity index (χ2n) is 7.48. The number of nitriles is 1. The van der Waals surface area contributed by atoms with Crippen LogP contribution in [-0.2, 0) is 16.8 Å². The number of nitrogens with two attached hydrogens (primary N) is 1. The van der Waals surface area contributed by atoms with Gasteiger partial charge in [-0.2, -0.15) is 5.26 Å².